The Morgan fingerprint density at radius 1 is 1.28 bits per heavy atom. The maximum atomic E-state index is 13.0. The summed E-state index contributed by atoms with van der Waals surface area (Å²) in [6, 6.07) is 5.37. The summed E-state index contributed by atoms with van der Waals surface area (Å²) < 4.78 is 38.9. The van der Waals surface area contributed by atoms with Crippen molar-refractivity contribution in [3.05, 3.63) is 47.3 Å². The first-order valence-electron chi connectivity index (χ1n) is 8.07. The number of carbonyl (C=O) groups is 1. The number of nitrogens with zero attached hydrogens (tertiary/aromatic N) is 2. The number of alkyl halides is 3. The summed E-state index contributed by atoms with van der Waals surface area (Å²) in [7, 11) is 0. The largest absolute Gasteiger partial charge is 0.416 e. The Hall–Kier alpha value is -2.51. The SMILES string of the molecule is Cc1ccc(NC(=O)N2CCC(c3ccn[nH]3)CC2)cc1C(F)(F)F. The number of anilines is 1. The fourth-order valence-electron chi connectivity index (χ4n) is 3.10. The molecule has 2 N–H and O–H groups in total. The summed E-state index contributed by atoms with van der Waals surface area (Å²) in [5, 5.41) is 9.44. The molecule has 25 heavy (non-hydrogen) atoms. The molecule has 5 nitrogen and oxygen atoms in total. The van der Waals surface area contributed by atoms with Crippen LogP contribution in [0.25, 0.3) is 0 Å². The molecule has 1 fully saturated rings. The molecule has 0 atom stereocenters. The second kappa shape index (κ2) is 6.78. The number of aromatic nitrogens is 2. The molecule has 8 heteroatoms. The number of hydrogen-bond donors (Lipinski definition) is 2. The van der Waals surface area contributed by atoms with Gasteiger partial charge in [-0.15, -0.1) is 0 Å². The smallest absolute Gasteiger partial charge is 0.324 e. The first-order chi connectivity index (χ1) is 11.8. The van der Waals surface area contributed by atoms with E-state index in [0.29, 0.717) is 19.0 Å². The van der Waals surface area contributed by atoms with E-state index in [1.165, 1.54) is 19.1 Å². The van der Waals surface area contributed by atoms with Crippen molar-refractivity contribution in [2.45, 2.75) is 31.9 Å². The van der Waals surface area contributed by atoms with Crippen molar-refractivity contribution in [3.8, 4) is 0 Å². The number of aromatic amines is 1. The van der Waals surface area contributed by atoms with Crippen molar-refractivity contribution in [3.63, 3.8) is 0 Å². The van der Waals surface area contributed by atoms with Gasteiger partial charge < -0.3 is 10.2 Å². The third kappa shape index (κ3) is 3.94. The van der Waals surface area contributed by atoms with E-state index in [1.54, 1.807) is 11.1 Å². The van der Waals surface area contributed by atoms with Gasteiger partial charge in [0.05, 0.1) is 5.56 Å². The molecule has 2 heterocycles. The van der Waals surface area contributed by atoms with Crippen molar-refractivity contribution >= 4 is 11.7 Å². The molecule has 0 unspecified atom stereocenters. The van der Waals surface area contributed by atoms with Crippen molar-refractivity contribution in [2.24, 2.45) is 0 Å². The van der Waals surface area contributed by atoms with Crippen molar-refractivity contribution in [2.75, 3.05) is 18.4 Å². The predicted octanol–water partition coefficient (Wildman–Crippen LogP) is 4.15. The molecule has 1 aromatic carbocycles. The van der Waals surface area contributed by atoms with Gasteiger partial charge in [0.1, 0.15) is 0 Å². The van der Waals surface area contributed by atoms with Gasteiger partial charge in [-0.3, -0.25) is 5.10 Å². The molecule has 1 aliphatic rings. The Kier molecular flexibility index (Phi) is 4.69. The van der Waals surface area contributed by atoms with Crippen LogP contribution in [-0.4, -0.2) is 34.2 Å². The van der Waals surface area contributed by atoms with Crippen LogP contribution in [0.3, 0.4) is 0 Å². The van der Waals surface area contributed by atoms with Crippen LogP contribution in [0.1, 0.15) is 35.6 Å². The van der Waals surface area contributed by atoms with E-state index in [4.69, 9.17) is 0 Å². The van der Waals surface area contributed by atoms with Crippen molar-refractivity contribution in [1.29, 1.82) is 0 Å². The normalized spacial score (nSPS) is 16.1. The van der Waals surface area contributed by atoms with Crippen LogP contribution >= 0.6 is 0 Å². The molecule has 1 aromatic heterocycles. The molecule has 1 aliphatic heterocycles. The van der Waals surface area contributed by atoms with Crippen LogP contribution in [-0.2, 0) is 6.18 Å². The summed E-state index contributed by atoms with van der Waals surface area (Å²) in [4.78, 5) is 13.9. The average molecular weight is 352 g/mol. The zero-order chi connectivity index (χ0) is 18.0. The summed E-state index contributed by atoms with van der Waals surface area (Å²) in [6.07, 6.45) is -1.16. The number of H-pyrrole nitrogens is 1. The van der Waals surface area contributed by atoms with Gasteiger partial charge in [-0.05, 0) is 43.5 Å². The number of piperidine rings is 1. The van der Waals surface area contributed by atoms with E-state index < -0.39 is 11.7 Å². The van der Waals surface area contributed by atoms with E-state index in [2.05, 4.69) is 15.5 Å². The molecule has 0 bridgehead atoms. The van der Waals surface area contributed by atoms with Gasteiger partial charge in [0.2, 0.25) is 0 Å². The summed E-state index contributed by atoms with van der Waals surface area (Å²) in [5.41, 5.74) is 0.598. The molecule has 3 rings (SSSR count). The Balaban J connectivity index is 1.62. The number of carbonyl (C=O) groups excluding carboxylic acids is 1. The van der Waals surface area contributed by atoms with Crippen LogP contribution in [0.15, 0.2) is 30.5 Å². The third-order valence-corrected chi connectivity index (χ3v) is 4.54. The Labute approximate surface area is 143 Å². The Morgan fingerprint density at radius 2 is 2.00 bits per heavy atom. The topological polar surface area (TPSA) is 61.0 Å². The number of likely N-dealkylation sites (tertiary alicyclic amines) is 1. The molecule has 0 radical (unpaired) electrons. The highest BCUT2D eigenvalue weighted by Gasteiger charge is 2.33. The number of urea groups is 1. The van der Waals surface area contributed by atoms with E-state index in [0.717, 1.165) is 24.6 Å². The summed E-state index contributed by atoms with van der Waals surface area (Å²) in [6.45, 7) is 2.50. The second-order valence-electron chi connectivity index (χ2n) is 6.23. The van der Waals surface area contributed by atoms with Crippen LogP contribution < -0.4 is 5.32 Å². The Bertz CT molecular complexity index is 735. The lowest BCUT2D eigenvalue weighted by atomic mass is 9.94. The van der Waals surface area contributed by atoms with E-state index in [9.17, 15) is 18.0 Å². The third-order valence-electron chi connectivity index (χ3n) is 4.54. The molecule has 2 amide bonds. The number of amides is 2. The highest BCUT2D eigenvalue weighted by atomic mass is 19.4. The number of nitrogens with one attached hydrogen (secondary N) is 2. The summed E-state index contributed by atoms with van der Waals surface area (Å²) >= 11 is 0. The maximum Gasteiger partial charge on any atom is 0.416 e. The molecule has 0 saturated carbocycles. The van der Waals surface area contributed by atoms with Gasteiger partial charge in [0.25, 0.3) is 0 Å². The Morgan fingerprint density at radius 3 is 2.60 bits per heavy atom. The number of aryl methyl sites for hydroxylation is 1. The average Bonchev–Trinajstić information content (AvgIpc) is 3.10. The van der Waals surface area contributed by atoms with Crippen LogP contribution in [0, 0.1) is 6.92 Å². The minimum Gasteiger partial charge on any atom is -0.324 e. The van der Waals surface area contributed by atoms with Gasteiger partial charge in [0.15, 0.2) is 0 Å². The number of benzene rings is 1. The molecule has 1 saturated heterocycles. The van der Waals surface area contributed by atoms with Gasteiger partial charge in [-0.2, -0.15) is 18.3 Å². The highest BCUT2D eigenvalue weighted by molar-refractivity contribution is 5.89. The lowest BCUT2D eigenvalue weighted by Gasteiger charge is -2.31. The van der Waals surface area contributed by atoms with Crippen molar-refractivity contribution in [1.82, 2.24) is 15.1 Å². The lowest BCUT2D eigenvalue weighted by Crippen LogP contribution is -2.40. The molecular formula is C17H19F3N4O. The van der Waals surface area contributed by atoms with E-state index in [-0.39, 0.29) is 17.3 Å². The maximum absolute atomic E-state index is 13.0. The number of rotatable bonds is 2. The fraction of sp³-hybridized carbons (Fsp3) is 0.412. The summed E-state index contributed by atoms with van der Waals surface area (Å²) in [5.74, 6) is 0.322. The molecular weight excluding hydrogens is 333 g/mol. The first-order valence-corrected chi connectivity index (χ1v) is 8.07. The van der Waals surface area contributed by atoms with E-state index >= 15 is 0 Å². The van der Waals surface area contributed by atoms with Gasteiger partial charge in [0, 0.05) is 36.6 Å². The van der Waals surface area contributed by atoms with Crippen LogP contribution in [0.5, 0.6) is 0 Å². The zero-order valence-electron chi connectivity index (χ0n) is 13.7. The van der Waals surface area contributed by atoms with Gasteiger partial charge in [-0.25, -0.2) is 4.79 Å². The fourth-order valence-corrected chi connectivity index (χ4v) is 3.10. The minimum atomic E-state index is -4.44. The highest BCUT2D eigenvalue weighted by Crippen LogP contribution is 2.33. The minimum absolute atomic E-state index is 0.130. The lowest BCUT2D eigenvalue weighted by molar-refractivity contribution is -0.138. The van der Waals surface area contributed by atoms with Crippen molar-refractivity contribution < 1.29 is 18.0 Å². The standard InChI is InChI=1S/C17H19F3N4O/c1-11-2-3-13(10-14(11)17(18,19)20)22-16(25)24-8-5-12(6-9-24)15-4-7-21-23-15/h2-4,7,10,12H,5-6,8-9H2,1H3,(H,21,23)(H,22,25). The zero-order valence-corrected chi connectivity index (χ0v) is 13.7. The van der Waals surface area contributed by atoms with Crippen LogP contribution in [0.2, 0.25) is 0 Å². The second-order valence-corrected chi connectivity index (χ2v) is 6.23. The molecule has 0 spiro atoms. The number of halogens is 3. The van der Waals surface area contributed by atoms with Crippen LogP contribution in [0.4, 0.5) is 23.7 Å². The van der Waals surface area contributed by atoms with E-state index in [1.807, 2.05) is 6.07 Å². The van der Waals surface area contributed by atoms with Gasteiger partial charge >= 0.3 is 12.2 Å². The monoisotopic (exact) mass is 352 g/mol. The molecule has 134 valence electrons. The molecule has 2 aromatic rings. The quantitative estimate of drug-likeness (QED) is 0.853. The number of hydrogen-bond acceptors (Lipinski definition) is 2. The molecule has 0 aliphatic carbocycles. The van der Waals surface area contributed by atoms with Gasteiger partial charge in [-0.1, -0.05) is 6.07 Å². The first kappa shape index (κ1) is 17.3. The predicted molar refractivity (Wildman–Crippen MR) is 87.3 cm³/mol.